The number of nitrogens with one attached hydrogen (secondary N) is 1. The number of anilines is 1. The van der Waals surface area contributed by atoms with Crippen LogP contribution in [-0.2, 0) is 4.79 Å². The molecule has 1 N–H and O–H groups in total. The second-order valence-electron chi connectivity index (χ2n) is 4.95. The number of thioether (sulfide) groups is 1. The second kappa shape index (κ2) is 7.92. The molecule has 0 aliphatic carbocycles. The summed E-state index contributed by atoms with van der Waals surface area (Å²) in [5.41, 5.74) is 1.95. The summed E-state index contributed by atoms with van der Waals surface area (Å²) in [6, 6.07) is 11.8. The van der Waals surface area contributed by atoms with Gasteiger partial charge in [0.1, 0.15) is 0 Å². The summed E-state index contributed by atoms with van der Waals surface area (Å²) < 4.78 is 1.03. The Morgan fingerprint density at radius 3 is 2.62 bits per heavy atom. The molecular weight excluding hydrogens is 406 g/mol. The maximum absolute atomic E-state index is 12.1. The summed E-state index contributed by atoms with van der Waals surface area (Å²) in [7, 11) is 0. The van der Waals surface area contributed by atoms with E-state index >= 15 is 0 Å². The average molecular weight is 420 g/mol. The molecule has 0 fully saturated rings. The predicted molar refractivity (Wildman–Crippen MR) is 104 cm³/mol. The number of nitrogens with zero attached hydrogens (tertiary/aromatic N) is 2. The highest BCUT2D eigenvalue weighted by atomic mass is 79.9. The molecule has 0 spiro atoms. The highest BCUT2D eigenvalue weighted by Crippen LogP contribution is 2.31. The smallest absolute Gasteiger partial charge is 0.236 e. The minimum Gasteiger partial charge on any atom is -0.301 e. The number of pyridine rings is 1. The standard InChI is InChI=1S/C17H14BrN3OS2/c1-11-16(12-2-4-13(18)5-3-12)21-17(24-11)20-15(22)10-23-14-6-8-19-9-7-14/h2-9H,10H2,1H3,(H,20,21,22). The molecule has 0 unspecified atom stereocenters. The summed E-state index contributed by atoms with van der Waals surface area (Å²) >= 11 is 6.40. The van der Waals surface area contributed by atoms with Gasteiger partial charge in [0.05, 0.1) is 11.4 Å². The first-order chi connectivity index (χ1) is 11.6. The first kappa shape index (κ1) is 17.1. The number of rotatable bonds is 5. The molecule has 0 radical (unpaired) electrons. The van der Waals surface area contributed by atoms with Crippen molar-refractivity contribution in [3.63, 3.8) is 0 Å². The Hall–Kier alpha value is -1.70. The molecule has 0 aliphatic heterocycles. The maximum Gasteiger partial charge on any atom is 0.236 e. The molecule has 4 nitrogen and oxygen atoms in total. The van der Waals surface area contributed by atoms with Crippen molar-refractivity contribution >= 4 is 50.1 Å². The molecule has 24 heavy (non-hydrogen) atoms. The quantitative estimate of drug-likeness (QED) is 0.590. The van der Waals surface area contributed by atoms with Crippen molar-refractivity contribution in [3.8, 4) is 11.3 Å². The van der Waals surface area contributed by atoms with Crippen molar-refractivity contribution in [3.05, 3.63) is 58.1 Å². The molecule has 7 heteroatoms. The lowest BCUT2D eigenvalue weighted by molar-refractivity contribution is -0.113. The largest absolute Gasteiger partial charge is 0.301 e. The third kappa shape index (κ3) is 4.43. The molecule has 0 bridgehead atoms. The van der Waals surface area contributed by atoms with Crippen molar-refractivity contribution in [2.75, 3.05) is 11.1 Å². The number of thiazole rings is 1. The summed E-state index contributed by atoms with van der Waals surface area (Å²) in [6.07, 6.45) is 3.43. The lowest BCUT2D eigenvalue weighted by atomic mass is 10.1. The van der Waals surface area contributed by atoms with E-state index in [2.05, 4.69) is 31.2 Å². The number of carbonyl (C=O) groups excluding carboxylic acids is 1. The predicted octanol–water partition coefficient (Wildman–Crippen LogP) is 5.01. The van der Waals surface area contributed by atoms with Gasteiger partial charge in [0, 0.05) is 32.2 Å². The van der Waals surface area contributed by atoms with E-state index in [1.54, 1.807) is 12.4 Å². The molecule has 2 aromatic heterocycles. The Labute approximate surface area is 156 Å². The van der Waals surface area contributed by atoms with Gasteiger partial charge in [0.2, 0.25) is 5.91 Å². The SMILES string of the molecule is Cc1sc(NC(=O)CSc2ccncc2)nc1-c1ccc(Br)cc1. The molecule has 0 atom stereocenters. The first-order valence-electron chi connectivity index (χ1n) is 7.18. The van der Waals surface area contributed by atoms with Crippen molar-refractivity contribution in [1.29, 1.82) is 0 Å². The molecule has 3 rings (SSSR count). The zero-order valence-corrected chi connectivity index (χ0v) is 16.0. The Bertz CT molecular complexity index is 835. The number of benzene rings is 1. The third-order valence-corrected chi connectivity index (χ3v) is 5.61. The zero-order chi connectivity index (χ0) is 16.9. The minimum absolute atomic E-state index is 0.0621. The van der Waals surface area contributed by atoms with Gasteiger partial charge in [-0.2, -0.15) is 0 Å². The molecular formula is C17H14BrN3OS2. The normalized spacial score (nSPS) is 10.6. The van der Waals surface area contributed by atoms with Gasteiger partial charge in [0.15, 0.2) is 5.13 Å². The van der Waals surface area contributed by atoms with Crippen molar-refractivity contribution in [2.24, 2.45) is 0 Å². The van der Waals surface area contributed by atoms with Gasteiger partial charge in [0.25, 0.3) is 0 Å². The van der Waals surface area contributed by atoms with E-state index in [0.29, 0.717) is 10.9 Å². The fraction of sp³-hybridized carbons (Fsp3) is 0.118. The van der Waals surface area contributed by atoms with Crippen molar-refractivity contribution < 1.29 is 4.79 Å². The van der Waals surface area contributed by atoms with Gasteiger partial charge < -0.3 is 5.32 Å². The zero-order valence-electron chi connectivity index (χ0n) is 12.8. The van der Waals surface area contributed by atoms with E-state index in [1.807, 2.05) is 43.3 Å². The number of hydrogen-bond donors (Lipinski definition) is 1. The Balaban J connectivity index is 1.64. The van der Waals surface area contributed by atoms with Crippen LogP contribution < -0.4 is 5.32 Å². The first-order valence-corrected chi connectivity index (χ1v) is 9.77. The van der Waals surface area contributed by atoms with Crippen LogP contribution in [0.3, 0.4) is 0 Å². The van der Waals surface area contributed by atoms with Crippen LogP contribution in [0.1, 0.15) is 4.88 Å². The van der Waals surface area contributed by atoms with E-state index in [-0.39, 0.29) is 5.91 Å². The van der Waals surface area contributed by atoms with Crippen LogP contribution in [0.2, 0.25) is 0 Å². The third-order valence-electron chi connectivity index (χ3n) is 3.18. The van der Waals surface area contributed by atoms with E-state index < -0.39 is 0 Å². The number of halogens is 1. The van der Waals surface area contributed by atoms with Gasteiger partial charge in [-0.25, -0.2) is 4.98 Å². The summed E-state index contributed by atoms with van der Waals surface area (Å²) in [4.78, 5) is 22.7. The van der Waals surface area contributed by atoms with E-state index in [1.165, 1.54) is 23.1 Å². The van der Waals surface area contributed by atoms with Crippen LogP contribution in [0.4, 0.5) is 5.13 Å². The average Bonchev–Trinajstić information content (AvgIpc) is 2.95. The summed E-state index contributed by atoms with van der Waals surface area (Å²) in [5, 5.41) is 3.51. The van der Waals surface area contributed by atoms with Gasteiger partial charge >= 0.3 is 0 Å². The van der Waals surface area contributed by atoms with Crippen molar-refractivity contribution in [1.82, 2.24) is 9.97 Å². The highest BCUT2D eigenvalue weighted by Gasteiger charge is 2.12. The van der Waals surface area contributed by atoms with Gasteiger partial charge in [-0.05, 0) is 31.2 Å². The number of carbonyl (C=O) groups is 1. The van der Waals surface area contributed by atoms with Crippen molar-refractivity contribution in [2.45, 2.75) is 11.8 Å². The van der Waals surface area contributed by atoms with Crippen LogP contribution in [0.15, 0.2) is 58.2 Å². The van der Waals surface area contributed by atoms with E-state index in [9.17, 15) is 4.79 Å². The second-order valence-corrected chi connectivity index (χ2v) is 8.12. The topological polar surface area (TPSA) is 54.9 Å². The number of aromatic nitrogens is 2. The molecule has 1 aromatic carbocycles. The van der Waals surface area contributed by atoms with Crippen LogP contribution in [-0.4, -0.2) is 21.6 Å². The Morgan fingerprint density at radius 1 is 1.21 bits per heavy atom. The molecule has 122 valence electrons. The summed E-state index contributed by atoms with van der Waals surface area (Å²) in [5.74, 6) is 0.281. The van der Waals surface area contributed by atoms with Crippen LogP contribution in [0.5, 0.6) is 0 Å². The lowest BCUT2D eigenvalue weighted by Gasteiger charge is -2.02. The van der Waals surface area contributed by atoms with E-state index in [0.717, 1.165) is 25.5 Å². The molecule has 2 heterocycles. The molecule has 3 aromatic rings. The monoisotopic (exact) mass is 419 g/mol. The Morgan fingerprint density at radius 2 is 1.92 bits per heavy atom. The summed E-state index contributed by atoms with van der Waals surface area (Å²) in [6.45, 7) is 2.01. The number of amides is 1. The molecule has 0 aliphatic rings. The maximum atomic E-state index is 12.1. The van der Waals surface area contributed by atoms with Gasteiger partial charge in [-0.3, -0.25) is 9.78 Å². The number of aryl methyl sites for hydroxylation is 1. The molecule has 1 amide bonds. The van der Waals surface area contributed by atoms with Crippen LogP contribution >= 0.6 is 39.0 Å². The lowest BCUT2D eigenvalue weighted by Crippen LogP contribution is -2.13. The Kier molecular flexibility index (Phi) is 5.65. The highest BCUT2D eigenvalue weighted by molar-refractivity contribution is 9.10. The molecule has 0 saturated heterocycles. The van der Waals surface area contributed by atoms with Gasteiger partial charge in [-0.15, -0.1) is 23.1 Å². The fourth-order valence-electron chi connectivity index (χ4n) is 2.06. The van der Waals surface area contributed by atoms with Crippen LogP contribution in [0, 0.1) is 6.92 Å². The van der Waals surface area contributed by atoms with Gasteiger partial charge in [-0.1, -0.05) is 28.1 Å². The fourth-order valence-corrected chi connectivity index (χ4v) is 3.86. The van der Waals surface area contributed by atoms with Crippen LogP contribution in [0.25, 0.3) is 11.3 Å². The minimum atomic E-state index is -0.0621. The van der Waals surface area contributed by atoms with E-state index in [4.69, 9.17) is 0 Å². The molecule has 0 saturated carbocycles. The number of hydrogen-bond acceptors (Lipinski definition) is 5.